The Bertz CT molecular complexity index is 449. The quantitative estimate of drug-likeness (QED) is 0.772. The van der Waals surface area contributed by atoms with E-state index in [-0.39, 0.29) is 27.8 Å². The average Bonchev–Trinajstić information content (AvgIpc) is 2.24. The second-order valence-electron chi connectivity index (χ2n) is 2.84. The second-order valence-corrected chi connectivity index (χ2v) is 3.63. The molecule has 0 spiro atoms. The molecule has 0 radical (unpaired) electrons. The van der Waals surface area contributed by atoms with Crippen molar-refractivity contribution < 1.29 is 14.7 Å². The molecule has 86 valence electrons. The molecule has 1 rings (SSSR count). The summed E-state index contributed by atoms with van der Waals surface area (Å²) in [4.78, 5) is 22.0. The predicted molar refractivity (Wildman–Crippen MR) is 61.1 cm³/mol. The van der Waals surface area contributed by atoms with Crippen LogP contribution in [-0.2, 0) is 4.79 Å². The van der Waals surface area contributed by atoms with Gasteiger partial charge in [0.2, 0.25) is 5.91 Å². The van der Waals surface area contributed by atoms with Gasteiger partial charge in [0.15, 0.2) is 0 Å². The second kappa shape index (κ2) is 5.16. The highest BCUT2D eigenvalue weighted by Gasteiger charge is 2.17. The third-order valence-corrected chi connectivity index (χ3v) is 2.58. The van der Waals surface area contributed by atoms with Gasteiger partial charge in [0.05, 0.1) is 27.8 Å². The first-order valence-corrected chi connectivity index (χ1v) is 4.94. The van der Waals surface area contributed by atoms with Crippen molar-refractivity contribution in [2.45, 2.75) is 0 Å². The van der Waals surface area contributed by atoms with Crippen molar-refractivity contribution in [1.29, 1.82) is 0 Å². The highest BCUT2D eigenvalue weighted by Crippen LogP contribution is 2.33. The molecule has 0 saturated heterocycles. The molecule has 0 unspecified atom stereocenters. The number of carbonyl (C=O) groups is 2. The van der Waals surface area contributed by atoms with E-state index in [1.165, 1.54) is 12.1 Å². The van der Waals surface area contributed by atoms with Crippen LogP contribution in [0.25, 0.3) is 0 Å². The maximum absolute atomic E-state index is 11.1. The van der Waals surface area contributed by atoms with Crippen molar-refractivity contribution in [1.82, 2.24) is 0 Å². The van der Waals surface area contributed by atoms with E-state index in [2.05, 4.69) is 5.32 Å². The van der Waals surface area contributed by atoms with Crippen LogP contribution in [0.1, 0.15) is 10.4 Å². The monoisotopic (exact) mass is 262 g/mol. The number of aromatic carboxylic acids is 1. The van der Waals surface area contributed by atoms with E-state index >= 15 is 0 Å². The zero-order valence-corrected chi connectivity index (χ0v) is 9.47. The molecule has 0 aliphatic heterocycles. The molecular formula is C9H8Cl2N2O3. The summed E-state index contributed by atoms with van der Waals surface area (Å²) in [6, 6.07) is 2.59. The maximum atomic E-state index is 11.1. The predicted octanol–water partition coefficient (Wildman–Crippen LogP) is 1.59. The highest BCUT2D eigenvalue weighted by molar-refractivity contribution is 6.44. The van der Waals surface area contributed by atoms with Crippen molar-refractivity contribution >= 4 is 40.8 Å². The number of halogens is 2. The molecule has 0 aliphatic rings. The van der Waals surface area contributed by atoms with Gasteiger partial charge in [-0.3, -0.25) is 4.79 Å². The summed E-state index contributed by atoms with van der Waals surface area (Å²) >= 11 is 11.5. The molecular weight excluding hydrogens is 255 g/mol. The Morgan fingerprint density at radius 1 is 1.38 bits per heavy atom. The topological polar surface area (TPSA) is 92.4 Å². The van der Waals surface area contributed by atoms with Crippen molar-refractivity contribution in [3.8, 4) is 0 Å². The first kappa shape index (κ1) is 12.8. The number of carbonyl (C=O) groups excluding carboxylic acids is 1. The van der Waals surface area contributed by atoms with Crippen LogP contribution in [0, 0.1) is 0 Å². The number of benzene rings is 1. The molecule has 1 aromatic carbocycles. The lowest BCUT2D eigenvalue weighted by Gasteiger charge is -2.10. The molecule has 0 aliphatic carbocycles. The van der Waals surface area contributed by atoms with E-state index < -0.39 is 11.9 Å². The largest absolute Gasteiger partial charge is 0.478 e. The first-order chi connectivity index (χ1) is 7.47. The molecule has 0 saturated carbocycles. The summed E-state index contributed by atoms with van der Waals surface area (Å²) in [7, 11) is 0. The fraction of sp³-hybridized carbons (Fsp3) is 0.111. The number of carboxylic acid groups (broad SMARTS) is 1. The number of nitrogens with one attached hydrogen (secondary N) is 1. The lowest BCUT2D eigenvalue weighted by atomic mass is 10.1. The molecule has 7 heteroatoms. The van der Waals surface area contributed by atoms with Crippen LogP contribution >= 0.6 is 23.2 Å². The molecule has 1 aromatic rings. The summed E-state index contributed by atoms with van der Waals surface area (Å²) in [5, 5.41) is 11.3. The Hall–Kier alpha value is -1.30. The van der Waals surface area contributed by atoms with Gasteiger partial charge in [-0.05, 0) is 12.1 Å². The van der Waals surface area contributed by atoms with Crippen molar-refractivity contribution in [3.63, 3.8) is 0 Å². The highest BCUT2D eigenvalue weighted by atomic mass is 35.5. The zero-order valence-electron chi connectivity index (χ0n) is 7.96. The third-order valence-electron chi connectivity index (χ3n) is 1.78. The fourth-order valence-electron chi connectivity index (χ4n) is 1.04. The standard InChI is InChI=1S/C9H8Cl2N2O3/c10-5-2-1-4(9(15)16)8(7(5)11)13-6(14)3-12/h1-2H,3,12H2,(H,13,14)(H,15,16). The molecule has 0 aromatic heterocycles. The van der Waals surface area contributed by atoms with Crippen LogP contribution < -0.4 is 11.1 Å². The van der Waals surface area contributed by atoms with Gasteiger partial charge in [0.25, 0.3) is 0 Å². The molecule has 5 nitrogen and oxygen atoms in total. The van der Waals surface area contributed by atoms with E-state index in [1.807, 2.05) is 0 Å². The lowest BCUT2D eigenvalue weighted by Crippen LogP contribution is -2.23. The van der Waals surface area contributed by atoms with E-state index in [9.17, 15) is 9.59 Å². The van der Waals surface area contributed by atoms with Crippen LogP contribution in [-0.4, -0.2) is 23.5 Å². The number of hydrogen-bond acceptors (Lipinski definition) is 3. The molecule has 0 heterocycles. The average molecular weight is 263 g/mol. The minimum Gasteiger partial charge on any atom is -0.478 e. The summed E-state index contributed by atoms with van der Waals surface area (Å²) in [5.74, 6) is -1.77. The normalized spacial score (nSPS) is 9.94. The molecule has 0 bridgehead atoms. The molecule has 16 heavy (non-hydrogen) atoms. The Labute approximate surface area is 101 Å². The van der Waals surface area contributed by atoms with Crippen LogP contribution in [0.2, 0.25) is 10.0 Å². The number of carboxylic acids is 1. The van der Waals surface area contributed by atoms with Gasteiger partial charge in [0.1, 0.15) is 0 Å². The smallest absolute Gasteiger partial charge is 0.337 e. The fourth-order valence-corrected chi connectivity index (χ4v) is 1.41. The number of anilines is 1. The SMILES string of the molecule is NCC(=O)Nc1c(C(=O)O)ccc(Cl)c1Cl. The summed E-state index contributed by atoms with van der Waals surface area (Å²) < 4.78 is 0. The Balaban J connectivity index is 3.26. The van der Waals surface area contributed by atoms with E-state index in [0.29, 0.717) is 0 Å². The van der Waals surface area contributed by atoms with E-state index in [1.54, 1.807) is 0 Å². The van der Waals surface area contributed by atoms with Gasteiger partial charge in [-0.25, -0.2) is 4.79 Å². The number of rotatable bonds is 3. The zero-order chi connectivity index (χ0) is 12.3. The molecule has 1 amide bonds. The summed E-state index contributed by atoms with van der Waals surface area (Å²) in [5.41, 5.74) is 4.91. The van der Waals surface area contributed by atoms with E-state index in [0.717, 1.165) is 0 Å². The molecule has 4 N–H and O–H groups in total. The van der Waals surface area contributed by atoms with Crippen molar-refractivity contribution in [2.24, 2.45) is 5.73 Å². The summed E-state index contributed by atoms with van der Waals surface area (Å²) in [6.45, 7) is -0.276. The van der Waals surface area contributed by atoms with Gasteiger partial charge >= 0.3 is 5.97 Å². The minimum absolute atomic E-state index is 0.0247. The van der Waals surface area contributed by atoms with E-state index in [4.69, 9.17) is 34.0 Å². The molecule has 0 fully saturated rings. The Morgan fingerprint density at radius 3 is 2.50 bits per heavy atom. The van der Waals surface area contributed by atoms with Gasteiger partial charge in [0, 0.05) is 0 Å². The molecule has 0 atom stereocenters. The Morgan fingerprint density at radius 2 is 2.00 bits per heavy atom. The van der Waals surface area contributed by atoms with Crippen LogP contribution in [0.5, 0.6) is 0 Å². The minimum atomic E-state index is -1.22. The first-order valence-electron chi connectivity index (χ1n) is 4.18. The van der Waals surface area contributed by atoms with Crippen LogP contribution in [0.15, 0.2) is 12.1 Å². The third kappa shape index (κ3) is 2.63. The number of amides is 1. The number of nitrogens with two attached hydrogens (primary N) is 1. The Kier molecular flexibility index (Phi) is 4.12. The van der Waals surface area contributed by atoms with Gasteiger partial charge in [-0.1, -0.05) is 23.2 Å². The summed E-state index contributed by atoms with van der Waals surface area (Å²) in [6.07, 6.45) is 0. The maximum Gasteiger partial charge on any atom is 0.337 e. The number of hydrogen-bond donors (Lipinski definition) is 3. The van der Waals surface area contributed by atoms with Gasteiger partial charge in [-0.2, -0.15) is 0 Å². The van der Waals surface area contributed by atoms with Crippen LogP contribution in [0.3, 0.4) is 0 Å². The van der Waals surface area contributed by atoms with Gasteiger partial charge in [-0.15, -0.1) is 0 Å². The van der Waals surface area contributed by atoms with Crippen molar-refractivity contribution in [3.05, 3.63) is 27.7 Å². The van der Waals surface area contributed by atoms with Crippen LogP contribution in [0.4, 0.5) is 5.69 Å². The lowest BCUT2D eigenvalue weighted by molar-refractivity contribution is -0.114. The van der Waals surface area contributed by atoms with Crippen molar-refractivity contribution in [2.75, 3.05) is 11.9 Å². The van der Waals surface area contributed by atoms with Gasteiger partial charge < -0.3 is 16.2 Å².